The molecule has 0 fully saturated rings. The van der Waals surface area contributed by atoms with Gasteiger partial charge in [0.25, 0.3) is 0 Å². The summed E-state index contributed by atoms with van der Waals surface area (Å²) in [7, 11) is 1.52. The molecule has 0 aliphatic heterocycles. The summed E-state index contributed by atoms with van der Waals surface area (Å²) in [5.41, 5.74) is 3.66. The number of aromatic nitrogens is 3. The van der Waals surface area contributed by atoms with Crippen molar-refractivity contribution in [3.8, 4) is 34.1 Å². The molecule has 1 aromatic carbocycles. The quantitative estimate of drug-likeness (QED) is 0.773. The van der Waals surface area contributed by atoms with E-state index in [1.807, 2.05) is 19.1 Å². The summed E-state index contributed by atoms with van der Waals surface area (Å²) in [6.07, 6.45) is 3.53. The summed E-state index contributed by atoms with van der Waals surface area (Å²) >= 11 is 0. The Morgan fingerprint density at radius 3 is 2.76 bits per heavy atom. The lowest BCUT2D eigenvalue weighted by atomic mass is 10.2. The molecule has 0 atom stereocenters. The Hall–Kier alpha value is -2.82. The van der Waals surface area contributed by atoms with E-state index >= 15 is 0 Å². The number of aromatic amines is 1. The average molecular weight is 281 g/mol. The highest BCUT2D eigenvalue weighted by atomic mass is 16.5. The number of aromatic hydroxyl groups is 1. The van der Waals surface area contributed by atoms with Crippen molar-refractivity contribution in [1.82, 2.24) is 15.0 Å². The number of nitrogens with one attached hydrogen (secondary N) is 1. The van der Waals surface area contributed by atoms with E-state index in [0.29, 0.717) is 5.75 Å². The Labute approximate surface area is 122 Å². The van der Waals surface area contributed by atoms with Gasteiger partial charge in [-0.05, 0) is 37.3 Å². The third-order valence-corrected chi connectivity index (χ3v) is 3.29. The largest absolute Gasteiger partial charge is 0.504 e. The van der Waals surface area contributed by atoms with Gasteiger partial charge in [-0.2, -0.15) is 0 Å². The fourth-order valence-electron chi connectivity index (χ4n) is 2.21. The Bertz CT molecular complexity index is 766. The third kappa shape index (κ3) is 2.45. The molecular formula is C16H15N3O2. The highest BCUT2D eigenvalue weighted by molar-refractivity contribution is 5.68. The molecule has 0 saturated heterocycles. The Balaban J connectivity index is 2.05. The zero-order chi connectivity index (χ0) is 14.8. The van der Waals surface area contributed by atoms with Gasteiger partial charge in [-0.3, -0.25) is 4.98 Å². The first kappa shape index (κ1) is 13.2. The molecule has 5 heteroatoms. The minimum absolute atomic E-state index is 0.108. The van der Waals surface area contributed by atoms with E-state index in [1.165, 1.54) is 7.11 Å². The molecule has 0 bridgehead atoms. The lowest BCUT2D eigenvalue weighted by molar-refractivity contribution is 0.373. The first-order valence-electron chi connectivity index (χ1n) is 6.53. The normalized spacial score (nSPS) is 10.6. The van der Waals surface area contributed by atoms with Crippen LogP contribution < -0.4 is 4.74 Å². The van der Waals surface area contributed by atoms with Crippen molar-refractivity contribution in [2.24, 2.45) is 0 Å². The first-order valence-corrected chi connectivity index (χ1v) is 6.53. The van der Waals surface area contributed by atoms with Gasteiger partial charge in [0.05, 0.1) is 18.5 Å². The highest BCUT2D eigenvalue weighted by Crippen LogP contribution is 2.32. The molecule has 2 aromatic heterocycles. The van der Waals surface area contributed by atoms with Gasteiger partial charge in [-0.25, -0.2) is 4.98 Å². The van der Waals surface area contributed by atoms with Crippen LogP contribution in [0.1, 0.15) is 5.69 Å². The second-order valence-electron chi connectivity index (χ2n) is 4.67. The maximum Gasteiger partial charge on any atom is 0.161 e. The second-order valence-corrected chi connectivity index (χ2v) is 4.67. The van der Waals surface area contributed by atoms with Gasteiger partial charge in [0.15, 0.2) is 11.5 Å². The molecule has 0 aliphatic carbocycles. The van der Waals surface area contributed by atoms with Crippen molar-refractivity contribution in [2.75, 3.05) is 7.11 Å². The van der Waals surface area contributed by atoms with Crippen LogP contribution in [-0.2, 0) is 0 Å². The minimum atomic E-state index is 0.108. The molecule has 106 valence electrons. The van der Waals surface area contributed by atoms with E-state index in [4.69, 9.17) is 4.74 Å². The number of nitrogens with zero attached hydrogens (tertiary/aromatic N) is 2. The molecule has 0 spiro atoms. The number of hydrogen-bond acceptors (Lipinski definition) is 4. The van der Waals surface area contributed by atoms with Crippen LogP contribution in [0.3, 0.4) is 0 Å². The van der Waals surface area contributed by atoms with Crippen LogP contribution in [0.25, 0.3) is 22.6 Å². The summed E-state index contributed by atoms with van der Waals surface area (Å²) in [5.74, 6) is 1.26. The van der Waals surface area contributed by atoms with Crippen LogP contribution in [0.5, 0.6) is 11.5 Å². The number of phenolic OH excluding ortho intramolecular Hbond substituents is 1. The van der Waals surface area contributed by atoms with Crippen molar-refractivity contribution < 1.29 is 9.84 Å². The molecule has 0 saturated carbocycles. The molecule has 2 heterocycles. The Morgan fingerprint density at radius 2 is 2.05 bits per heavy atom. The minimum Gasteiger partial charge on any atom is -0.504 e. The van der Waals surface area contributed by atoms with Gasteiger partial charge in [0.2, 0.25) is 0 Å². The summed E-state index contributed by atoms with van der Waals surface area (Å²) in [4.78, 5) is 12.0. The van der Waals surface area contributed by atoms with Gasteiger partial charge in [-0.1, -0.05) is 0 Å². The number of H-pyrrole nitrogens is 1. The number of pyridine rings is 1. The number of aryl methyl sites for hydroxylation is 1. The van der Waals surface area contributed by atoms with Crippen LogP contribution in [0.4, 0.5) is 0 Å². The molecule has 3 aromatic rings. The van der Waals surface area contributed by atoms with Crippen molar-refractivity contribution >= 4 is 0 Å². The molecule has 0 radical (unpaired) electrons. The lowest BCUT2D eigenvalue weighted by Gasteiger charge is -2.04. The number of rotatable bonds is 3. The topological polar surface area (TPSA) is 71.0 Å². The van der Waals surface area contributed by atoms with Crippen LogP contribution in [-0.4, -0.2) is 27.2 Å². The zero-order valence-corrected chi connectivity index (χ0v) is 11.8. The van der Waals surface area contributed by atoms with E-state index in [9.17, 15) is 5.11 Å². The van der Waals surface area contributed by atoms with Crippen molar-refractivity contribution in [2.45, 2.75) is 6.92 Å². The molecule has 0 amide bonds. The Kier molecular flexibility index (Phi) is 3.31. The van der Waals surface area contributed by atoms with Gasteiger partial charge >= 0.3 is 0 Å². The smallest absolute Gasteiger partial charge is 0.161 e. The van der Waals surface area contributed by atoms with Crippen molar-refractivity contribution in [3.05, 3.63) is 48.4 Å². The SMILES string of the molecule is COc1cc(-c2nc(C)c(-c3cccnc3)[nH]2)ccc1O. The molecule has 5 nitrogen and oxygen atoms in total. The molecule has 21 heavy (non-hydrogen) atoms. The van der Waals surface area contributed by atoms with Gasteiger partial charge < -0.3 is 14.8 Å². The maximum atomic E-state index is 9.66. The third-order valence-electron chi connectivity index (χ3n) is 3.29. The maximum absolute atomic E-state index is 9.66. The standard InChI is InChI=1S/C16H15N3O2/c1-10-15(12-4-3-7-17-9-12)19-16(18-10)11-5-6-13(20)14(8-11)21-2/h3-9,20H,1-2H3,(H,18,19). The van der Waals surface area contributed by atoms with E-state index in [-0.39, 0.29) is 5.75 Å². The van der Waals surface area contributed by atoms with Gasteiger partial charge in [0.1, 0.15) is 5.82 Å². The highest BCUT2D eigenvalue weighted by Gasteiger charge is 2.12. The molecular weight excluding hydrogens is 266 g/mol. The fourth-order valence-corrected chi connectivity index (χ4v) is 2.21. The molecule has 2 N–H and O–H groups in total. The lowest BCUT2D eigenvalue weighted by Crippen LogP contribution is -1.86. The molecule has 0 aliphatic rings. The zero-order valence-electron chi connectivity index (χ0n) is 11.8. The predicted octanol–water partition coefficient (Wildman–Crippen LogP) is 3.16. The number of benzene rings is 1. The van der Waals surface area contributed by atoms with E-state index in [0.717, 1.165) is 28.3 Å². The van der Waals surface area contributed by atoms with E-state index in [2.05, 4.69) is 15.0 Å². The van der Waals surface area contributed by atoms with Crippen molar-refractivity contribution in [1.29, 1.82) is 0 Å². The van der Waals surface area contributed by atoms with E-state index < -0.39 is 0 Å². The van der Waals surface area contributed by atoms with Crippen LogP contribution >= 0.6 is 0 Å². The van der Waals surface area contributed by atoms with Gasteiger partial charge in [-0.15, -0.1) is 0 Å². The van der Waals surface area contributed by atoms with E-state index in [1.54, 1.807) is 30.6 Å². The number of phenols is 1. The number of ether oxygens (including phenoxy) is 1. The van der Waals surface area contributed by atoms with Gasteiger partial charge in [0, 0.05) is 23.5 Å². The Morgan fingerprint density at radius 1 is 1.19 bits per heavy atom. The number of imidazole rings is 1. The molecule has 0 unspecified atom stereocenters. The average Bonchev–Trinajstić information content (AvgIpc) is 2.90. The first-order chi connectivity index (χ1) is 10.2. The summed E-state index contributed by atoms with van der Waals surface area (Å²) < 4.78 is 5.13. The van der Waals surface area contributed by atoms with Crippen LogP contribution in [0.15, 0.2) is 42.7 Å². The fraction of sp³-hybridized carbons (Fsp3) is 0.125. The summed E-state index contributed by atoms with van der Waals surface area (Å²) in [6, 6.07) is 9.01. The second kappa shape index (κ2) is 5.28. The summed E-state index contributed by atoms with van der Waals surface area (Å²) in [5, 5.41) is 9.66. The number of hydrogen-bond donors (Lipinski definition) is 2. The summed E-state index contributed by atoms with van der Waals surface area (Å²) in [6.45, 7) is 1.94. The monoisotopic (exact) mass is 281 g/mol. The molecule has 3 rings (SSSR count). The number of methoxy groups -OCH3 is 1. The van der Waals surface area contributed by atoms with Crippen LogP contribution in [0.2, 0.25) is 0 Å². The van der Waals surface area contributed by atoms with Crippen LogP contribution in [0, 0.1) is 6.92 Å². The predicted molar refractivity (Wildman–Crippen MR) is 80.2 cm³/mol. The van der Waals surface area contributed by atoms with Crippen molar-refractivity contribution in [3.63, 3.8) is 0 Å².